The lowest BCUT2D eigenvalue weighted by molar-refractivity contribution is 0.233. The lowest BCUT2D eigenvalue weighted by Crippen LogP contribution is -2.24. The van der Waals surface area contributed by atoms with Crippen molar-refractivity contribution in [3.05, 3.63) is 34.4 Å². The average Bonchev–Trinajstić information content (AvgIpc) is 2.44. The average molecular weight is 290 g/mol. The van der Waals surface area contributed by atoms with Gasteiger partial charge < -0.3 is 5.73 Å². The van der Waals surface area contributed by atoms with Crippen molar-refractivity contribution in [3.63, 3.8) is 0 Å². The van der Waals surface area contributed by atoms with Crippen LogP contribution in [0.15, 0.2) is 12.1 Å². The first-order valence-electron chi connectivity index (χ1n) is 8.64. The fourth-order valence-electron chi connectivity index (χ4n) is 2.97. The zero-order chi connectivity index (χ0) is 16.2. The Kier molecular flexibility index (Phi) is 6.46. The van der Waals surface area contributed by atoms with Crippen molar-refractivity contribution < 1.29 is 0 Å². The van der Waals surface area contributed by atoms with Crippen LogP contribution in [-0.2, 0) is 19.3 Å². The zero-order valence-corrected chi connectivity index (χ0v) is 15.2. The molecule has 0 fully saturated rings. The van der Waals surface area contributed by atoms with Crippen molar-refractivity contribution in [2.24, 2.45) is 17.1 Å². The largest absolute Gasteiger partial charge is 0.324 e. The molecule has 0 heterocycles. The minimum Gasteiger partial charge on any atom is -0.324 e. The van der Waals surface area contributed by atoms with Gasteiger partial charge in [0.15, 0.2) is 0 Å². The van der Waals surface area contributed by atoms with Crippen LogP contribution in [0, 0.1) is 11.3 Å². The van der Waals surface area contributed by atoms with Crippen molar-refractivity contribution in [2.75, 3.05) is 0 Å². The molecule has 0 aliphatic heterocycles. The molecule has 0 aromatic heterocycles. The number of aryl methyl sites for hydroxylation is 3. The van der Waals surface area contributed by atoms with Crippen molar-refractivity contribution in [1.82, 2.24) is 0 Å². The molecule has 1 rings (SSSR count). The first-order valence-corrected chi connectivity index (χ1v) is 8.64. The van der Waals surface area contributed by atoms with E-state index in [1.165, 1.54) is 22.3 Å². The van der Waals surface area contributed by atoms with Crippen LogP contribution in [-0.4, -0.2) is 0 Å². The summed E-state index contributed by atoms with van der Waals surface area (Å²) in [5, 5.41) is 0. The Morgan fingerprint density at radius 2 is 1.43 bits per heavy atom. The Bertz CT molecular complexity index is 428. The summed E-state index contributed by atoms with van der Waals surface area (Å²) in [6, 6.07) is 4.90. The van der Waals surface area contributed by atoms with E-state index in [9.17, 15) is 0 Å². The van der Waals surface area contributed by atoms with E-state index in [2.05, 4.69) is 60.6 Å². The predicted octanol–water partition coefficient (Wildman–Crippen LogP) is 5.45. The highest BCUT2D eigenvalue weighted by Crippen LogP contribution is 2.35. The summed E-state index contributed by atoms with van der Waals surface area (Å²) in [6.45, 7) is 16.0. The molecule has 0 saturated carbocycles. The van der Waals surface area contributed by atoms with Crippen molar-refractivity contribution in [1.29, 1.82) is 0 Å². The minimum absolute atomic E-state index is 0.162. The molecule has 0 spiro atoms. The minimum atomic E-state index is 0.162. The van der Waals surface area contributed by atoms with E-state index >= 15 is 0 Å². The van der Waals surface area contributed by atoms with Gasteiger partial charge in [0, 0.05) is 6.04 Å². The first kappa shape index (κ1) is 18.2. The second-order valence-electron chi connectivity index (χ2n) is 7.50. The normalized spacial score (nSPS) is 15.0. The molecule has 0 radical (unpaired) electrons. The molecule has 0 saturated heterocycles. The summed E-state index contributed by atoms with van der Waals surface area (Å²) in [6.07, 6.45) is 4.32. The molecule has 2 N–H and O–H groups in total. The third-order valence-electron chi connectivity index (χ3n) is 5.04. The van der Waals surface area contributed by atoms with E-state index in [1.807, 2.05) is 0 Å². The van der Waals surface area contributed by atoms with Crippen LogP contribution in [0.5, 0.6) is 0 Å². The summed E-state index contributed by atoms with van der Waals surface area (Å²) in [4.78, 5) is 0. The van der Waals surface area contributed by atoms with Crippen LogP contribution in [0.4, 0.5) is 0 Å². The van der Waals surface area contributed by atoms with Crippen LogP contribution in [0.3, 0.4) is 0 Å². The highest BCUT2D eigenvalue weighted by molar-refractivity contribution is 5.41. The summed E-state index contributed by atoms with van der Waals surface area (Å²) in [7, 11) is 0. The maximum Gasteiger partial charge on any atom is 0.0303 e. The molecular weight excluding hydrogens is 254 g/mol. The zero-order valence-electron chi connectivity index (χ0n) is 15.2. The fourth-order valence-corrected chi connectivity index (χ4v) is 2.97. The van der Waals surface area contributed by atoms with Crippen LogP contribution in [0.1, 0.15) is 83.2 Å². The fraction of sp³-hybridized carbons (Fsp3) is 0.700. The Morgan fingerprint density at radius 3 is 1.76 bits per heavy atom. The summed E-state index contributed by atoms with van der Waals surface area (Å²) in [5.74, 6) is 0.618. The van der Waals surface area contributed by atoms with E-state index in [-0.39, 0.29) is 6.04 Å². The van der Waals surface area contributed by atoms with Gasteiger partial charge in [-0.05, 0) is 59.3 Å². The lowest BCUT2D eigenvalue weighted by Gasteiger charge is -2.31. The molecule has 0 amide bonds. The monoisotopic (exact) mass is 289 g/mol. The Balaban J connectivity index is 3.15. The molecule has 2 unspecified atom stereocenters. The van der Waals surface area contributed by atoms with Crippen molar-refractivity contribution >= 4 is 0 Å². The van der Waals surface area contributed by atoms with Gasteiger partial charge in [0.2, 0.25) is 0 Å². The Hall–Kier alpha value is -0.820. The van der Waals surface area contributed by atoms with Crippen LogP contribution in [0.25, 0.3) is 0 Å². The SMILES string of the molecule is CCc1cc(CC)c(C(N)CC(C)C(C)(C)C)c(CC)c1. The second kappa shape index (κ2) is 7.45. The van der Waals surface area contributed by atoms with Gasteiger partial charge in [-0.25, -0.2) is 0 Å². The van der Waals surface area contributed by atoms with Crippen LogP contribution >= 0.6 is 0 Å². The smallest absolute Gasteiger partial charge is 0.0303 e. The number of benzene rings is 1. The van der Waals surface area contributed by atoms with Gasteiger partial charge in [0.25, 0.3) is 0 Å². The van der Waals surface area contributed by atoms with Gasteiger partial charge in [0.1, 0.15) is 0 Å². The molecule has 2 atom stereocenters. The maximum atomic E-state index is 6.64. The summed E-state index contributed by atoms with van der Waals surface area (Å²) >= 11 is 0. The molecule has 1 aromatic carbocycles. The molecule has 21 heavy (non-hydrogen) atoms. The third-order valence-corrected chi connectivity index (χ3v) is 5.04. The highest BCUT2D eigenvalue weighted by Gasteiger charge is 2.24. The summed E-state index contributed by atoms with van der Waals surface area (Å²) < 4.78 is 0. The molecule has 0 aliphatic rings. The summed E-state index contributed by atoms with van der Waals surface area (Å²) in [5.41, 5.74) is 12.7. The number of rotatable bonds is 6. The Labute approximate surface area is 132 Å². The number of hydrogen-bond acceptors (Lipinski definition) is 1. The van der Waals surface area contributed by atoms with Crippen LogP contribution in [0.2, 0.25) is 0 Å². The van der Waals surface area contributed by atoms with E-state index < -0.39 is 0 Å². The molecule has 1 nitrogen and oxygen atoms in total. The van der Waals surface area contributed by atoms with E-state index in [4.69, 9.17) is 5.73 Å². The molecule has 0 aliphatic carbocycles. The molecular formula is C20H35N. The van der Waals surface area contributed by atoms with E-state index in [0.29, 0.717) is 11.3 Å². The third kappa shape index (κ3) is 4.57. The predicted molar refractivity (Wildman–Crippen MR) is 94.7 cm³/mol. The van der Waals surface area contributed by atoms with Gasteiger partial charge in [-0.3, -0.25) is 0 Å². The maximum absolute atomic E-state index is 6.64. The number of nitrogens with two attached hydrogens (primary N) is 1. The second-order valence-corrected chi connectivity index (χ2v) is 7.50. The quantitative estimate of drug-likeness (QED) is 0.740. The van der Waals surface area contributed by atoms with Gasteiger partial charge >= 0.3 is 0 Å². The molecule has 0 bridgehead atoms. The number of hydrogen-bond donors (Lipinski definition) is 1. The lowest BCUT2D eigenvalue weighted by atomic mass is 9.76. The van der Waals surface area contributed by atoms with Crippen molar-refractivity contribution in [2.45, 2.75) is 80.2 Å². The topological polar surface area (TPSA) is 26.0 Å². The standard InChI is InChI=1S/C20H35N/c1-8-15-12-16(9-2)19(17(10-3)13-15)18(21)11-14(4)20(5,6)7/h12-14,18H,8-11,21H2,1-7H3. The highest BCUT2D eigenvalue weighted by atomic mass is 14.6. The van der Waals surface area contributed by atoms with E-state index in [0.717, 1.165) is 25.7 Å². The van der Waals surface area contributed by atoms with Gasteiger partial charge in [-0.2, -0.15) is 0 Å². The Morgan fingerprint density at radius 1 is 0.952 bits per heavy atom. The van der Waals surface area contributed by atoms with Crippen LogP contribution < -0.4 is 5.73 Å². The molecule has 120 valence electrons. The van der Waals surface area contributed by atoms with E-state index in [1.54, 1.807) is 0 Å². The van der Waals surface area contributed by atoms with Crippen molar-refractivity contribution in [3.8, 4) is 0 Å². The van der Waals surface area contributed by atoms with Gasteiger partial charge in [-0.1, -0.05) is 60.6 Å². The molecule has 1 aromatic rings. The van der Waals surface area contributed by atoms with Gasteiger partial charge in [0.05, 0.1) is 0 Å². The van der Waals surface area contributed by atoms with Gasteiger partial charge in [-0.15, -0.1) is 0 Å². The first-order chi connectivity index (χ1) is 9.74. The molecule has 1 heteroatoms.